The summed E-state index contributed by atoms with van der Waals surface area (Å²) in [5, 5.41) is 10.0. The minimum Gasteiger partial charge on any atom is -0.481 e. The second-order valence-electron chi connectivity index (χ2n) is 5.39. The number of hydrogen-bond acceptors (Lipinski definition) is 3. The van der Waals surface area contributed by atoms with Gasteiger partial charge in [-0.25, -0.2) is 4.98 Å². The molecule has 0 amide bonds. The molecule has 1 saturated carbocycles. The Morgan fingerprint density at radius 3 is 2.67 bits per heavy atom. The second kappa shape index (κ2) is 5.90. The van der Waals surface area contributed by atoms with Crippen LogP contribution in [0.2, 0.25) is 0 Å². The third-order valence-corrected chi connectivity index (χ3v) is 4.84. The number of aromatic nitrogens is 1. The first-order valence-corrected chi connectivity index (χ1v) is 8.01. The van der Waals surface area contributed by atoms with E-state index in [-0.39, 0.29) is 11.8 Å². The van der Waals surface area contributed by atoms with E-state index in [4.69, 9.17) is 5.11 Å². The monoisotopic (exact) mass is 299 g/mol. The topological polar surface area (TPSA) is 50.2 Å². The molecule has 0 bridgehead atoms. The van der Waals surface area contributed by atoms with Crippen molar-refractivity contribution in [1.82, 2.24) is 4.98 Å². The third-order valence-electron chi connectivity index (χ3n) is 3.84. The Labute approximate surface area is 128 Å². The van der Waals surface area contributed by atoms with Gasteiger partial charge in [0.2, 0.25) is 0 Å². The van der Waals surface area contributed by atoms with Crippen molar-refractivity contribution in [3.8, 4) is 0 Å². The zero-order valence-electron chi connectivity index (χ0n) is 11.8. The highest BCUT2D eigenvalue weighted by atomic mass is 32.2. The van der Waals surface area contributed by atoms with E-state index >= 15 is 0 Å². The highest BCUT2D eigenvalue weighted by Gasteiger charge is 2.45. The number of thioether (sulfide) groups is 1. The lowest BCUT2D eigenvalue weighted by molar-refractivity contribution is -0.138. The molecule has 1 aliphatic carbocycles. The van der Waals surface area contributed by atoms with E-state index in [0.29, 0.717) is 0 Å². The molecule has 1 aromatic carbocycles. The lowest BCUT2D eigenvalue weighted by Gasteiger charge is -2.07. The quantitative estimate of drug-likeness (QED) is 0.851. The van der Waals surface area contributed by atoms with Gasteiger partial charge in [0.1, 0.15) is 0 Å². The predicted octanol–water partition coefficient (Wildman–Crippen LogP) is 3.87. The van der Waals surface area contributed by atoms with Gasteiger partial charge in [-0.3, -0.25) is 4.79 Å². The van der Waals surface area contributed by atoms with Crippen molar-refractivity contribution >= 4 is 17.7 Å². The number of nitrogens with zero attached hydrogens (tertiary/aromatic N) is 1. The molecule has 1 aliphatic rings. The van der Waals surface area contributed by atoms with Gasteiger partial charge in [0.15, 0.2) is 0 Å². The number of rotatable bonds is 5. The summed E-state index contributed by atoms with van der Waals surface area (Å²) in [5.74, 6) is 0.145. The van der Waals surface area contributed by atoms with Crippen LogP contribution >= 0.6 is 11.8 Å². The Kier molecular flexibility index (Phi) is 3.97. The molecule has 21 heavy (non-hydrogen) atoms. The van der Waals surface area contributed by atoms with Crippen molar-refractivity contribution in [2.45, 2.75) is 30.0 Å². The molecule has 2 unspecified atom stereocenters. The Hall–Kier alpha value is -1.81. The molecule has 0 aliphatic heterocycles. The molecule has 2 aromatic rings. The Bertz CT molecular complexity index is 657. The molecule has 1 heterocycles. The van der Waals surface area contributed by atoms with E-state index in [0.717, 1.165) is 28.5 Å². The van der Waals surface area contributed by atoms with Gasteiger partial charge in [0.05, 0.1) is 10.9 Å². The van der Waals surface area contributed by atoms with E-state index < -0.39 is 5.97 Å². The van der Waals surface area contributed by atoms with Gasteiger partial charge in [-0.15, -0.1) is 11.8 Å². The largest absolute Gasteiger partial charge is 0.481 e. The summed E-state index contributed by atoms with van der Waals surface area (Å²) in [6.07, 6.45) is 0.744. The van der Waals surface area contributed by atoms with E-state index in [1.165, 1.54) is 5.56 Å². The number of aliphatic carboxylic acids is 1. The summed E-state index contributed by atoms with van der Waals surface area (Å²) < 4.78 is 0. The Morgan fingerprint density at radius 2 is 2.05 bits per heavy atom. The van der Waals surface area contributed by atoms with Crippen molar-refractivity contribution < 1.29 is 9.90 Å². The van der Waals surface area contributed by atoms with Crippen LogP contribution in [0.4, 0.5) is 0 Å². The second-order valence-corrected chi connectivity index (χ2v) is 6.38. The molecule has 1 aromatic heterocycles. The van der Waals surface area contributed by atoms with Gasteiger partial charge < -0.3 is 5.11 Å². The Morgan fingerprint density at radius 1 is 1.29 bits per heavy atom. The van der Waals surface area contributed by atoms with Crippen molar-refractivity contribution in [1.29, 1.82) is 0 Å². The standard InChI is InChI=1S/C17H17NO2S/c1-11-13(14-9-15(14)17(19)20)7-8-16(18-11)21-10-12-5-3-2-4-6-12/h2-8,14-15H,9-10H2,1H3,(H,19,20). The average Bonchev–Trinajstić information content (AvgIpc) is 3.27. The fourth-order valence-corrected chi connectivity index (χ4v) is 3.44. The number of carbonyl (C=O) groups is 1. The molecule has 0 saturated heterocycles. The molecular weight excluding hydrogens is 282 g/mol. The van der Waals surface area contributed by atoms with E-state index in [9.17, 15) is 4.79 Å². The van der Waals surface area contributed by atoms with Crippen LogP contribution in [0.15, 0.2) is 47.5 Å². The fourth-order valence-electron chi connectivity index (χ4n) is 2.56. The molecule has 108 valence electrons. The molecule has 3 rings (SSSR count). The van der Waals surface area contributed by atoms with Gasteiger partial charge in [-0.05, 0) is 36.5 Å². The van der Waals surface area contributed by atoms with Crippen LogP contribution in [-0.4, -0.2) is 16.1 Å². The summed E-state index contributed by atoms with van der Waals surface area (Å²) in [5.41, 5.74) is 3.33. The maximum atomic E-state index is 11.0. The number of aryl methyl sites for hydroxylation is 1. The zero-order chi connectivity index (χ0) is 14.8. The maximum Gasteiger partial charge on any atom is 0.307 e. The summed E-state index contributed by atoms with van der Waals surface area (Å²) in [7, 11) is 0. The number of carboxylic acids is 1. The van der Waals surface area contributed by atoms with Crippen LogP contribution in [0.5, 0.6) is 0 Å². The number of pyridine rings is 1. The molecule has 0 radical (unpaired) electrons. The summed E-state index contributed by atoms with van der Waals surface area (Å²) in [4.78, 5) is 15.6. The van der Waals surface area contributed by atoms with E-state index in [2.05, 4.69) is 17.1 Å². The summed E-state index contributed by atoms with van der Waals surface area (Å²) >= 11 is 1.71. The van der Waals surface area contributed by atoms with Crippen molar-refractivity contribution in [2.24, 2.45) is 5.92 Å². The first kappa shape index (κ1) is 14.1. The minimum absolute atomic E-state index is 0.156. The molecule has 2 atom stereocenters. The molecule has 0 spiro atoms. The first-order valence-electron chi connectivity index (χ1n) is 7.02. The summed E-state index contributed by atoms with van der Waals surface area (Å²) in [6, 6.07) is 14.4. The molecular formula is C17H17NO2S. The van der Waals surface area contributed by atoms with Crippen molar-refractivity contribution in [3.63, 3.8) is 0 Å². The number of benzene rings is 1. The zero-order valence-corrected chi connectivity index (χ0v) is 12.6. The normalized spacial score (nSPS) is 20.2. The maximum absolute atomic E-state index is 11.0. The Balaban J connectivity index is 1.66. The molecule has 3 nitrogen and oxygen atoms in total. The van der Waals surface area contributed by atoms with Crippen LogP contribution in [0, 0.1) is 12.8 Å². The lowest BCUT2D eigenvalue weighted by Crippen LogP contribution is -2.01. The fraction of sp³-hybridized carbons (Fsp3) is 0.294. The van der Waals surface area contributed by atoms with Crippen molar-refractivity contribution in [3.05, 3.63) is 59.3 Å². The average molecular weight is 299 g/mol. The van der Waals surface area contributed by atoms with Crippen LogP contribution in [-0.2, 0) is 10.5 Å². The molecule has 4 heteroatoms. The van der Waals surface area contributed by atoms with Crippen molar-refractivity contribution in [2.75, 3.05) is 0 Å². The third kappa shape index (κ3) is 3.27. The van der Waals surface area contributed by atoms with Crippen LogP contribution in [0.3, 0.4) is 0 Å². The highest BCUT2D eigenvalue weighted by Crippen LogP contribution is 2.48. The van der Waals surface area contributed by atoms with Crippen LogP contribution in [0.25, 0.3) is 0 Å². The SMILES string of the molecule is Cc1nc(SCc2ccccc2)ccc1C1CC1C(=O)O. The van der Waals surface area contributed by atoms with E-state index in [1.807, 2.05) is 37.3 Å². The van der Waals surface area contributed by atoms with Crippen LogP contribution < -0.4 is 0 Å². The highest BCUT2D eigenvalue weighted by molar-refractivity contribution is 7.98. The van der Waals surface area contributed by atoms with Gasteiger partial charge in [-0.1, -0.05) is 36.4 Å². The predicted molar refractivity (Wildman–Crippen MR) is 83.5 cm³/mol. The van der Waals surface area contributed by atoms with Gasteiger partial charge in [0, 0.05) is 11.4 Å². The van der Waals surface area contributed by atoms with Gasteiger partial charge in [-0.2, -0.15) is 0 Å². The molecule has 1 N–H and O–H groups in total. The van der Waals surface area contributed by atoms with Gasteiger partial charge in [0.25, 0.3) is 0 Å². The van der Waals surface area contributed by atoms with Gasteiger partial charge >= 0.3 is 5.97 Å². The van der Waals surface area contributed by atoms with Crippen LogP contribution in [0.1, 0.15) is 29.2 Å². The van der Waals surface area contributed by atoms with E-state index in [1.54, 1.807) is 11.8 Å². The number of hydrogen-bond donors (Lipinski definition) is 1. The smallest absolute Gasteiger partial charge is 0.307 e. The summed E-state index contributed by atoms with van der Waals surface area (Å²) in [6.45, 7) is 1.97. The minimum atomic E-state index is -0.693. The lowest BCUT2D eigenvalue weighted by atomic mass is 10.1. The molecule has 1 fully saturated rings. The number of carboxylic acid groups (broad SMARTS) is 1. The first-order chi connectivity index (χ1) is 10.1.